The number of rotatable bonds is 5. The molecule has 1 aromatic rings. The Labute approximate surface area is 112 Å². The second-order valence-corrected chi connectivity index (χ2v) is 4.19. The maximum Gasteiger partial charge on any atom is 0.273 e. The molecule has 0 spiro atoms. The van der Waals surface area contributed by atoms with E-state index < -0.39 is 4.92 Å². The van der Waals surface area contributed by atoms with Gasteiger partial charge in [-0.2, -0.15) is 0 Å². The van der Waals surface area contributed by atoms with Crippen molar-refractivity contribution >= 4 is 11.6 Å². The number of carbonyl (C=O) groups excluding carboxylic acids is 1. The molecule has 0 fully saturated rings. The van der Waals surface area contributed by atoms with Crippen LogP contribution in [0.25, 0.3) is 0 Å². The molecule has 0 saturated carbocycles. The predicted octanol–water partition coefficient (Wildman–Crippen LogP) is 2.43. The van der Waals surface area contributed by atoms with E-state index in [2.05, 4.69) is 11.2 Å². The molecule has 5 nitrogen and oxygen atoms in total. The first-order valence-electron chi connectivity index (χ1n) is 6.02. The van der Waals surface area contributed by atoms with Gasteiger partial charge in [0.15, 0.2) is 0 Å². The van der Waals surface area contributed by atoms with Gasteiger partial charge in [-0.15, -0.1) is 6.42 Å². The van der Waals surface area contributed by atoms with Crippen LogP contribution in [0.5, 0.6) is 0 Å². The number of terminal acetylenes is 1. The predicted molar refractivity (Wildman–Crippen MR) is 72.8 cm³/mol. The van der Waals surface area contributed by atoms with E-state index in [1.807, 2.05) is 6.92 Å². The van der Waals surface area contributed by atoms with E-state index in [0.717, 1.165) is 6.42 Å². The lowest BCUT2D eigenvalue weighted by molar-refractivity contribution is -0.385. The standard InChI is InChI=1S/C14H16N2O3/c1-4-7-11(5-2)15-14(17)12-8-6-9-13(10(12)3)16(18)19/h2,6,8-9,11H,4,7H2,1,3H3,(H,15,17). The van der Waals surface area contributed by atoms with Gasteiger partial charge in [-0.1, -0.05) is 25.3 Å². The first-order chi connectivity index (χ1) is 9.01. The van der Waals surface area contributed by atoms with Crippen LogP contribution in [0.3, 0.4) is 0 Å². The van der Waals surface area contributed by atoms with Crippen LogP contribution < -0.4 is 5.32 Å². The molecule has 0 aromatic heterocycles. The van der Waals surface area contributed by atoms with E-state index in [1.165, 1.54) is 12.1 Å². The number of nitrogens with one attached hydrogen (secondary N) is 1. The van der Waals surface area contributed by atoms with E-state index in [0.29, 0.717) is 12.0 Å². The number of nitro groups is 1. The third-order valence-corrected chi connectivity index (χ3v) is 2.83. The topological polar surface area (TPSA) is 72.2 Å². The monoisotopic (exact) mass is 260 g/mol. The van der Waals surface area contributed by atoms with Crippen molar-refractivity contribution in [2.45, 2.75) is 32.7 Å². The lowest BCUT2D eigenvalue weighted by Crippen LogP contribution is -2.34. The molecule has 1 aromatic carbocycles. The second kappa shape index (κ2) is 6.55. The fourth-order valence-electron chi connectivity index (χ4n) is 1.79. The Hall–Kier alpha value is -2.35. The van der Waals surface area contributed by atoms with E-state index >= 15 is 0 Å². The van der Waals surface area contributed by atoms with E-state index in [-0.39, 0.29) is 23.2 Å². The quantitative estimate of drug-likeness (QED) is 0.502. The zero-order valence-corrected chi connectivity index (χ0v) is 11.0. The van der Waals surface area contributed by atoms with Crippen LogP contribution in [0, 0.1) is 29.4 Å². The number of nitro benzene ring substituents is 1. The van der Waals surface area contributed by atoms with E-state index in [9.17, 15) is 14.9 Å². The van der Waals surface area contributed by atoms with Gasteiger partial charge >= 0.3 is 0 Å². The van der Waals surface area contributed by atoms with Crippen LogP contribution in [0.1, 0.15) is 35.7 Å². The summed E-state index contributed by atoms with van der Waals surface area (Å²) in [6.07, 6.45) is 6.86. The maximum absolute atomic E-state index is 12.1. The summed E-state index contributed by atoms with van der Waals surface area (Å²) in [5, 5.41) is 13.5. The minimum atomic E-state index is -0.503. The largest absolute Gasteiger partial charge is 0.338 e. The van der Waals surface area contributed by atoms with Crippen LogP contribution in [-0.2, 0) is 0 Å². The number of amides is 1. The summed E-state index contributed by atoms with van der Waals surface area (Å²) in [6, 6.07) is 4.06. The van der Waals surface area contributed by atoms with Crippen molar-refractivity contribution in [3.8, 4) is 12.3 Å². The molecular weight excluding hydrogens is 244 g/mol. The minimum Gasteiger partial charge on any atom is -0.338 e. The third kappa shape index (κ3) is 3.55. The van der Waals surface area contributed by atoms with E-state index in [1.54, 1.807) is 13.0 Å². The Morgan fingerprint density at radius 1 is 1.58 bits per heavy atom. The Morgan fingerprint density at radius 3 is 2.79 bits per heavy atom. The molecule has 1 amide bonds. The highest BCUT2D eigenvalue weighted by Gasteiger charge is 2.19. The SMILES string of the molecule is C#CC(CCC)NC(=O)c1cccc([N+](=O)[O-])c1C. The molecular formula is C14H16N2O3. The van der Waals surface area contributed by atoms with Gasteiger partial charge in [0.2, 0.25) is 0 Å². The summed E-state index contributed by atoms with van der Waals surface area (Å²) in [6.45, 7) is 3.52. The van der Waals surface area contributed by atoms with Crippen molar-refractivity contribution in [3.63, 3.8) is 0 Å². The highest BCUT2D eigenvalue weighted by atomic mass is 16.6. The van der Waals surface area contributed by atoms with E-state index in [4.69, 9.17) is 6.42 Å². The van der Waals surface area contributed by atoms with Crippen molar-refractivity contribution < 1.29 is 9.72 Å². The molecule has 19 heavy (non-hydrogen) atoms. The fraction of sp³-hybridized carbons (Fsp3) is 0.357. The average molecular weight is 260 g/mol. The summed E-state index contributed by atoms with van der Waals surface area (Å²) in [4.78, 5) is 22.4. The number of benzene rings is 1. The Balaban J connectivity index is 2.98. The van der Waals surface area contributed by atoms with Crippen LogP contribution in [0.15, 0.2) is 18.2 Å². The molecule has 0 aliphatic rings. The first kappa shape index (κ1) is 14.7. The summed E-state index contributed by atoms with van der Waals surface area (Å²) in [5.41, 5.74) is 0.559. The van der Waals surface area contributed by atoms with Gasteiger partial charge in [-0.05, 0) is 19.4 Å². The zero-order valence-electron chi connectivity index (χ0n) is 11.0. The van der Waals surface area contributed by atoms with Crippen molar-refractivity contribution in [1.29, 1.82) is 0 Å². The van der Waals surface area contributed by atoms with Gasteiger partial charge in [-0.25, -0.2) is 0 Å². The molecule has 1 N–H and O–H groups in total. The molecule has 5 heteroatoms. The third-order valence-electron chi connectivity index (χ3n) is 2.83. The van der Waals surface area contributed by atoms with Crippen molar-refractivity contribution in [2.24, 2.45) is 0 Å². The molecule has 1 rings (SSSR count). The normalized spacial score (nSPS) is 11.4. The fourth-order valence-corrected chi connectivity index (χ4v) is 1.79. The number of hydrogen-bond acceptors (Lipinski definition) is 3. The molecule has 0 saturated heterocycles. The second-order valence-electron chi connectivity index (χ2n) is 4.19. The van der Waals surface area contributed by atoms with Crippen LogP contribution in [0.2, 0.25) is 0 Å². The molecule has 100 valence electrons. The van der Waals surface area contributed by atoms with Gasteiger partial charge in [0.05, 0.1) is 11.0 Å². The molecule has 0 aliphatic carbocycles. The van der Waals surface area contributed by atoms with Crippen molar-refractivity contribution in [1.82, 2.24) is 5.32 Å². The Morgan fingerprint density at radius 2 is 2.26 bits per heavy atom. The van der Waals surface area contributed by atoms with Crippen LogP contribution in [-0.4, -0.2) is 16.9 Å². The lowest BCUT2D eigenvalue weighted by Gasteiger charge is -2.13. The van der Waals surface area contributed by atoms with Gasteiger partial charge in [-0.3, -0.25) is 14.9 Å². The molecule has 0 bridgehead atoms. The molecule has 0 radical (unpaired) electrons. The number of carbonyl (C=O) groups is 1. The lowest BCUT2D eigenvalue weighted by atomic mass is 10.1. The molecule has 0 aliphatic heterocycles. The Kier molecular flexibility index (Phi) is 5.07. The summed E-state index contributed by atoms with van der Waals surface area (Å²) >= 11 is 0. The van der Waals surface area contributed by atoms with Gasteiger partial charge in [0.25, 0.3) is 11.6 Å². The van der Waals surface area contributed by atoms with Gasteiger partial charge in [0, 0.05) is 17.2 Å². The van der Waals surface area contributed by atoms with Crippen LogP contribution >= 0.6 is 0 Å². The first-order valence-corrected chi connectivity index (χ1v) is 6.02. The van der Waals surface area contributed by atoms with Crippen LogP contribution in [0.4, 0.5) is 5.69 Å². The summed E-state index contributed by atoms with van der Waals surface area (Å²) in [7, 11) is 0. The highest BCUT2D eigenvalue weighted by Crippen LogP contribution is 2.21. The van der Waals surface area contributed by atoms with Crippen molar-refractivity contribution in [3.05, 3.63) is 39.4 Å². The smallest absolute Gasteiger partial charge is 0.273 e. The van der Waals surface area contributed by atoms with Gasteiger partial charge in [0.1, 0.15) is 0 Å². The number of nitrogens with zero attached hydrogens (tertiary/aromatic N) is 1. The minimum absolute atomic E-state index is 0.0691. The van der Waals surface area contributed by atoms with Gasteiger partial charge < -0.3 is 5.32 Å². The average Bonchev–Trinajstić information content (AvgIpc) is 2.37. The van der Waals surface area contributed by atoms with Crippen molar-refractivity contribution in [2.75, 3.05) is 0 Å². The summed E-state index contributed by atoms with van der Waals surface area (Å²) < 4.78 is 0. The maximum atomic E-state index is 12.1. The summed E-state index contributed by atoms with van der Waals surface area (Å²) in [5.74, 6) is 2.12. The molecule has 1 unspecified atom stereocenters. The zero-order chi connectivity index (χ0) is 14.4. The Bertz CT molecular complexity index is 532. The molecule has 1 atom stereocenters. The number of hydrogen-bond donors (Lipinski definition) is 1. The molecule has 0 heterocycles. The highest BCUT2D eigenvalue weighted by molar-refractivity contribution is 5.96.